The van der Waals surface area contributed by atoms with Crippen LogP contribution < -0.4 is 10.5 Å². The van der Waals surface area contributed by atoms with Crippen LogP contribution in [0.1, 0.15) is 37.4 Å². The van der Waals surface area contributed by atoms with Gasteiger partial charge in [-0.1, -0.05) is 54.6 Å². The summed E-state index contributed by atoms with van der Waals surface area (Å²) in [4.78, 5) is 44.7. The van der Waals surface area contributed by atoms with E-state index in [2.05, 4.69) is 11.8 Å². The average molecular weight is 589 g/mol. The molecule has 0 atom stereocenters. The molecule has 1 saturated carbocycles. The summed E-state index contributed by atoms with van der Waals surface area (Å²) in [5, 5.41) is 8.43. The van der Waals surface area contributed by atoms with Gasteiger partial charge in [0.25, 0.3) is 5.56 Å². The van der Waals surface area contributed by atoms with E-state index in [0.717, 1.165) is 28.8 Å². The van der Waals surface area contributed by atoms with Gasteiger partial charge in [0.1, 0.15) is 0 Å². The van der Waals surface area contributed by atoms with Gasteiger partial charge in [0.05, 0.1) is 30.0 Å². The zero-order valence-corrected chi connectivity index (χ0v) is 23.3. The van der Waals surface area contributed by atoms with Crippen molar-refractivity contribution in [1.29, 1.82) is 0 Å². The molecule has 5 rings (SSSR count). The molecule has 1 fully saturated rings. The van der Waals surface area contributed by atoms with Gasteiger partial charge in [-0.25, -0.2) is 9.78 Å². The number of anilines is 1. The Morgan fingerprint density at radius 1 is 1.07 bits per heavy atom. The molecule has 1 aliphatic carbocycles. The Balaban J connectivity index is 0.000000493. The van der Waals surface area contributed by atoms with Crippen LogP contribution in [0.4, 0.5) is 18.9 Å². The lowest BCUT2D eigenvalue weighted by Crippen LogP contribution is -2.45. The Morgan fingerprint density at radius 2 is 1.68 bits per heavy atom. The van der Waals surface area contributed by atoms with Crippen LogP contribution in [0.3, 0.4) is 0 Å². The van der Waals surface area contributed by atoms with Crippen molar-refractivity contribution in [3.63, 3.8) is 0 Å². The van der Waals surface area contributed by atoms with E-state index in [9.17, 15) is 22.8 Å². The fourth-order valence-electron chi connectivity index (χ4n) is 4.48. The van der Waals surface area contributed by atoms with Gasteiger partial charge < -0.3 is 14.9 Å². The van der Waals surface area contributed by atoms with Crippen molar-refractivity contribution in [2.45, 2.75) is 55.7 Å². The van der Waals surface area contributed by atoms with Crippen LogP contribution in [0, 0.1) is 0 Å². The van der Waals surface area contributed by atoms with Gasteiger partial charge in [0, 0.05) is 30.4 Å². The van der Waals surface area contributed by atoms with E-state index < -0.39 is 12.1 Å². The number of halogens is 3. The molecule has 1 aliphatic heterocycles. The molecule has 0 saturated heterocycles. The van der Waals surface area contributed by atoms with Crippen molar-refractivity contribution in [2.75, 3.05) is 24.5 Å². The molecule has 0 unspecified atom stereocenters. The third-order valence-corrected chi connectivity index (χ3v) is 8.25. The van der Waals surface area contributed by atoms with E-state index in [1.165, 1.54) is 19.3 Å². The number of nitrogens with zero attached hydrogens (tertiary/aromatic N) is 4. The first-order valence-electron chi connectivity index (χ1n) is 13.3. The summed E-state index contributed by atoms with van der Waals surface area (Å²) in [5.74, 6) is -2.72. The Hall–Kier alpha value is -3.80. The zero-order chi connectivity index (χ0) is 29.6. The minimum Gasteiger partial charge on any atom is -0.475 e. The third kappa shape index (κ3) is 7.49. The number of likely N-dealkylation sites (N-methyl/N-ethyl adjacent to an activating group) is 1. The molecule has 12 heteroatoms. The first-order chi connectivity index (χ1) is 19.6. The Morgan fingerprint density at radius 3 is 2.22 bits per heavy atom. The van der Waals surface area contributed by atoms with Gasteiger partial charge >= 0.3 is 12.1 Å². The number of hydrogen-bond acceptors (Lipinski definition) is 6. The Labute approximate surface area is 239 Å². The molecule has 8 nitrogen and oxygen atoms in total. The summed E-state index contributed by atoms with van der Waals surface area (Å²) in [6.07, 6.45) is -0.886. The van der Waals surface area contributed by atoms with Gasteiger partial charge in [0.2, 0.25) is 5.91 Å². The number of rotatable bonds is 7. The molecule has 41 heavy (non-hydrogen) atoms. The van der Waals surface area contributed by atoms with Crippen molar-refractivity contribution < 1.29 is 27.9 Å². The number of carboxylic acid groups (broad SMARTS) is 1. The Bertz CT molecular complexity index is 1410. The van der Waals surface area contributed by atoms with Crippen molar-refractivity contribution >= 4 is 29.3 Å². The van der Waals surface area contributed by atoms with Crippen molar-refractivity contribution in [2.24, 2.45) is 0 Å². The number of benzene rings is 2. The van der Waals surface area contributed by atoms with E-state index in [-0.39, 0.29) is 11.5 Å². The molecular weight excluding hydrogens is 557 g/mol. The maximum Gasteiger partial charge on any atom is 0.490 e. The molecule has 1 N–H and O–H groups in total. The first kappa shape index (κ1) is 30.2. The molecule has 1 aromatic heterocycles. The van der Waals surface area contributed by atoms with Crippen LogP contribution in [-0.4, -0.2) is 62.5 Å². The van der Waals surface area contributed by atoms with Gasteiger partial charge in [-0.2, -0.15) is 13.2 Å². The van der Waals surface area contributed by atoms with Crippen LogP contribution in [0.2, 0.25) is 0 Å². The second-order valence-corrected chi connectivity index (χ2v) is 11.0. The first-order valence-corrected chi connectivity index (χ1v) is 14.2. The smallest absolute Gasteiger partial charge is 0.475 e. The maximum absolute atomic E-state index is 13.8. The van der Waals surface area contributed by atoms with Crippen LogP contribution in [-0.2, 0) is 22.6 Å². The second-order valence-electron chi connectivity index (χ2n) is 9.68. The van der Waals surface area contributed by atoms with Gasteiger partial charge in [-0.3, -0.25) is 14.2 Å². The number of para-hydroxylation sites is 2. The lowest BCUT2D eigenvalue weighted by atomic mass is 10.0. The number of alkyl halides is 3. The number of aromatic nitrogens is 2. The Kier molecular flexibility index (Phi) is 9.74. The zero-order valence-electron chi connectivity index (χ0n) is 22.5. The lowest BCUT2D eigenvalue weighted by Gasteiger charge is -2.32. The predicted octanol–water partition coefficient (Wildman–Crippen LogP) is 4.92. The standard InChI is InChI=1S/C27H30N4O2S.C2HF3O2/c1-2-29(20-10-5-3-6-11-20)19-25(32)30-17-16-24-23(18-30)26(33)31(21-12-7-4-8-13-21)27(28-24)34-22-14-9-15-22;3-2(4,5)1(6)7/h3-8,10-13,22H,2,9,14-19H2,1H3;(H,6,7). The number of carbonyl (C=O) groups is 2. The molecule has 0 bridgehead atoms. The largest absolute Gasteiger partial charge is 0.490 e. The van der Waals surface area contributed by atoms with Crippen molar-refractivity contribution in [3.05, 3.63) is 82.3 Å². The number of amides is 1. The quantitative estimate of drug-likeness (QED) is 0.392. The molecule has 2 aromatic carbocycles. The molecule has 0 radical (unpaired) electrons. The van der Waals surface area contributed by atoms with E-state index in [0.29, 0.717) is 36.9 Å². The van der Waals surface area contributed by atoms with Crippen molar-refractivity contribution in [1.82, 2.24) is 14.5 Å². The highest BCUT2D eigenvalue weighted by atomic mass is 32.2. The van der Waals surface area contributed by atoms with E-state index in [1.54, 1.807) is 16.3 Å². The minimum absolute atomic E-state index is 0.0370. The summed E-state index contributed by atoms with van der Waals surface area (Å²) in [7, 11) is 0. The predicted molar refractivity (Wildman–Crippen MR) is 150 cm³/mol. The number of thioether (sulfide) groups is 1. The normalized spacial score (nSPS) is 14.8. The summed E-state index contributed by atoms with van der Waals surface area (Å²) in [6, 6.07) is 19.7. The fourth-order valence-corrected chi connectivity index (χ4v) is 5.80. The number of carbonyl (C=O) groups excluding carboxylic acids is 1. The lowest BCUT2D eigenvalue weighted by molar-refractivity contribution is -0.192. The summed E-state index contributed by atoms with van der Waals surface area (Å²) in [5.41, 5.74) is 3.30. The van der Waals surface area contributed by atoms with E-state index in [1.807, 2.05) is 65.6 Å². The molecule has 1 amide bonds. The molecular formula is C29H31F3N4O4S. The maximum atomic E-state index is 13.8. The highest BCUT2D eigenvalue weighted by Gasteiger charge is 2.38. The summed E-state index contributed by atoms with van der Waals surface area (Å²) >= 11 is 1.72. The topological polar surface area (TPSA) is 95.7 Å². The molecule has 3 aromatic rings. The highest BCUT2D eigenvalue weighted by Crippen LogP contribution is 2.36. The SMILES string of the molecule is CCN(CC(=O)N1CCc2nc(SC3CCC3)n(-c3ccccc3)c(=O)c2C1)c1ccccc1.O=C(O)C(F)(F)F. The number of carboxylic acids is 1. The van der Waals surface area contributed by atoms with Gasteiger partial charge in [0.15, 0.2) is 5.16 Å². The molecule has 2 aliphatic rings. The molecule has 0 spiro atoms. The second kappa shape index (κ2) is 13.2. The molecule has 2 heterocycles. The summed E-state index contributed by atoms with van der Waals surface area (Å²) < 4.78 is 33.5. The van der Waals surface area contributed by atoms with Gasteiger partial charge in [-0.15, -0.1) is 0 Å². The van der Waals surface area contributed by atoms with Crippen LogP contribution in [0.5, 0.6) is 0 Å². The fraction of sp³-hybridized carbons (Fsp3) is 0.379. The number of aliphatic carboxylic acids is 1. The van der Waals surface area contributed by atoms with E-state index in [4.69, 9.17) is 14.9 Å². The van der Waals surface area contributed by atoms with Crippen LogP contribution in [0.25, 0.3) is 5.69 Å². The monoisotopic (exact) mass is 588 g/mol. The van der Waals surface area contributed by atoms with Crippen molar-refractivity contribution in [3.8, 4) is 5.69 Å². The van der Waals surface area contributed by atoms with Crippen LogP contribution in [0.15, 0.2) is 70.6 Å². The van der Waals surface area contributed by atoms with Crippen LogP contribution >= 0.6 is 11.8 Å². The number of fused-ring (bicyclic) bond motifs is 1. The highest BCUT2D eigenvalue weighted by molar-refractivity contribution is 7.99. The number of hydrogen-bond donors (Lipinski definition) is 1. The summed E-state index contributed by atoms with van der Waals surface area (Å²) in [6.45, 7) is 3.99. The average Bonchev–Trinajstić information content (AvgIpc) is 2.94. The minimum atomic E-state index is -5.08. The van der Waals surface area contributed by atoms with Gasteiger partial charge in [-0.05, 0) is 44.0 Å². The third-order valence-electron chi connectivity index (χ3n) is 6.96. The molecule has 218 valence electrons. The van der Waals surface area contributed by atoms with E-state index >= 15 is 0 Å².